The lowest BCUT2D eigenvalue weighted by atomic mass is 10.4. The van der Waals surface area contributed by atoms with Crippen molar-refractivity contribution in [1.82, 2.24) is 4.98 Å². The minimum absolute atomic E-state index is 0.0633. The Kier molecular flexibility index (Phi) is 2.92. The van der Waals surface area contributed by atoms with Crippen molar-refractivity contribution in [2.45, 2.75) is 9.92 Å². The van der Waals surface area contributed by atoms with Gasteiger partial charge in [0.25, 0.3) is 5.56 Å². The zero-order valence-electron chi connectivity index (χ0n) is 8.92. The van der Waals surface area contributed by atoms with Crippen LogP contribution in [-0.2, 0) is 9.84 Å². The summed E-state index contributed by atoms with van der Waals surface area (Å²) in [5.41, 5.74) is -1.29. The van der Waals surface area contributed by atoms with Crippen LogP contribution in [0.2, 0.25) is 0 Å². The van der Waals surface area contributed by atoms with Gasteiger partial charge in [-0.05, 0) is 12.1 Å². The van der Waals surface area contributed by atoms with E-state index in [0.29, 0.717) is 6.07 Å². The summed E-state index contributed by atoms with van der Waals surface area (Å²) in [6.07, 6.45) is 0. The van der Waals surface area contributed by atoms with Gasteiger partial charge in [0.2, 0.25) is 15.7 Å². The summed E-state index contributed by atoms with van der Waals surface area (Å²) in [6, 6.07) is 7.97. The Balaban J connectivity index is 2.67. The fourth-order valence-corrected chi connectivity index (χ4v) is 2.64. The average Bonchev–Trinajstić information content (AvgIpc) is 2.36. The monoisotopic (exact) mass is 269 g/mol. The van der Waals surface area contributed by atoms with E-state index in [1.165, 1.54) is 24.3 Å². The molecule has 7 heteroatoms. The maximum absolute atomic E-state index is 12.9. The highest BCUT2D eigenvalue weighted by Crippen LogP contribution is 2.21. The molecule has 18 heavy (non-hydrogen) atoms. The predicted molar refractivity (Wildman–Crippen MR) is 60.6 cm³/mol. The first-order valence-corrected chi connectivity index (χ1v) is 6.33. The van der Waals surface area contributed by atoms with Crippen LogP contribution in [0.5, 0.6) is 5.75 Å². The Morgan fingerprint density at radius 3 is 2.33 bits per heavy atom. The Morgan fingerprint density at radius 1 is 1.17 bits per heavy atom. The molecule has 0 atom stereocenters. The Hall–Kier alpha value is -2.15. The number of aromatic nitrogens is 1. The molecule has 0 radical (unpaired) electrons. The van der Waals surface area contributed by atoms with Crippen LogP contribution in [0.1, 0.15) is 0 Å². The van der Waals surface area contributed by atoms with Gasteiger partial charge in [-0.2, -0.15) is 4.39 Å². The summed E-state index contributed by atoms with van der Waals surface area (Å²) in [5, 5.41) is 8.57. The molecule has 0 fully saturated rings. The molecule has 0 unspecified atom stereocenters. The normalized spacial score (nSPS) is 11.4. The zero-order valence-corrected chi connectivity index (χ0v) is 9.74. The summed E-state index contributed by atoms with van der Waals surface area (Å²) < 4.78 is 37.0. The third-order valence-electron chi connectivity index (χ3n) is 2.27. The van der Waals surface area contributed by atoms with Crippen LogP contribution >= 0.6 is 0 Å². The van der Waals surface area contributed by atoms with Crippen molar-refractivity contribution in [3.8, 4) is 5.75 Å². The number of aromatic amines is 1. The smallest absolute Gasteiger partial charge is 0.288 e. The molecule has 0 bridgehead atoms. The first-order valence-electron chi connectivity index (χ1n) is 4.85. The van der Waals surface area contributed by atoms with Gasteiger partial charge in [-0.1, -0.05) is 18.2 Å². The lowest BCUT2D eigenvalue weighted by Crippen LogP contribution is -2.16. The summed E-state index contributed by atoms with van der Waals surface area (Å²) >= 11 is 0. The van der Waals surface area contributed by atoms with Crippen LogP contribution in [0.15, 0.2) is 51.1 Å². The topological polar surface area (TPSA) is 87.2 Å². The van der Waals surface area contributed by atoms with Gasteiger partial charge < -0.3 is 10.1 Å². The average molecular weight is 269 g/mol. The van der Waals surface area contributed by atoms with Gasteiger partial charge in [-0.15, -0.1) is 0 Å². The molecule has 1 aromatic heterocycles. The molecule has 0 aliphatic heterocycles. The van der Waals surface area contributed by atoms with E-state index in [4.69, 9.17) is 5.11 Å². The highest BCUT2D eigenvalue weighted by Gasteiger charge is 2.21. The minimum atomic E-state index is -3.98. The summed E-state index contributed by atoms with van der Waals surface area (Å²) in [6.45, 7) is 0. The maximum atomic E-state index is 12.9. The molecule has 0 aliphatic rings. The van der Waals surface area contributed by atoms with Crippen LogP contribution in [-0.4, -0.2) is 18.5 Å². The molecule has 0 saturated carbocycles. The summed E-state index contributed by atoms with van der Waals surface area (Å²) in [4.78, 5) is 12.9. The van der Waals surface area contributed by atoms with Crippen molar-refractivity contribution in [3.63, 3.8) is 0 Å². The molecule has 1 aromatic carbocycles. The molecule has 1 heterocycles. The maximum Gasteiger partial charge on any atom is 0.288 e. The molecule has 2 rings (SSSR count). The summed E-state index contributed by atoms with van der Waals surface area (Å²) in [5.74, 6) is -2.42. The predicted octanol–water partition coefficient (Wildman–Crippen LogP) is 1.05. The number of halogens is 1. The van der Waals surface area contributed by atoms with Crippen molar-refractivity contribution in [3.05, 3.63) is 52.6 Å². The Labute approximate surface area is 101 Å². The van der Waals surface area contributed by atoms with Crippen molar-refractivity contribution in [1.29, 1.82) is 0 Å². The number of H-pyrrole nitrogens is 1. The van der Waals surface area contributed by atoms with Gasteiger partial charge in [0.05, 0.1) is 4.90 Å². The lowest BCUT2D eigenvalue weighted by molar-refractivity contribution is 0.422. The Morgan fingerprint density at radius 2 is 1.78 bits per heavy atom. The van der Waals surface area contributed by atoms with Crippen molar-refractivity contribution < 1.29 is 17.9 Å². The van der Waals surface area contributed by atoms with Crippen LogP contribution in [0.25, 0.3) is 0 Å². The highest BCUT2D eigenvalue weighted by atomic mass is 32.2. The molecule has 0 amide bonds. The van der Waals surface area contributed by atoms with Gasteiger partial charge >= 0.3 is 0 Å². The molecular weight excluding hydrogens is 261 g/mol. The summed E-state index contributed by atoms with van der Waals surface area (Å²) in [7, 11) is -3.98. The molecule has 0 saturated heterocycles. The van der Waals surface area contributed by atoms with E-state index in [2.05, 4.69) is 0 Å². The van der Waals surface area contributed by atoms with E-state index in [1.54, 1.807) is 6.07 Å². The highest BCUT2D eigenvalue weighted by molar-refractivity contribution is 7.91. The largest absolute Gasteiger partial charge is 0.505 e. The second-order valence-electron chi connectivity index (χ2n) is 3.48. The first-order chi connectivity index (χ1) is 8.43. The minimum Gasteiger partial charge on any atom is -0.505 e. The lowest BCUT2D eigenvalue weighted by Gasteiger charge is -2.04. The third-order valence-corrected chi connectivity index (χ3v) is 3.96. The number of pyridine rings is 1. The van der Waals surface area contributed by atoms with Crippen LogP contribution in [0.4, 0.5) is 4.39 Å². The fourth-order valence-electron chi connectivity index (χ4n) is 1.38. The van der Waals surface area contributed by atoms with E-state index in [9.17, 15) is 17.6 Å². The van der Waals surface area contributed by atoms with Crippen molar-refractivity contribution >= 4 is 9.84 Å². The van der Waals surface area contributed by atoms with E-state index in [1.807, 2.05) is 4.98 Å². The molecule has 0 aliphatic carbocycles. The zero-order chi connectivity index (χ0) is 13.3. The van der Waals surface area contributed by atoms with Gasteiger partial charge in [-0.25, -0.2) is 8.42 Å². The van der Waals surface area contributed by atoms with E-state index in [0.717, 1.165) is 0 Å². The van der Waals surface area contributed by atoms with Crippen LogP contribution in [0, 0.1) is 5.82 Å². The van der Waals surface area contributed by atoms with Crippen molar-refractivity contribution in [2.75, 3.05) is 0 Å². The number of rotatable bonds is 2. The molecule has 94 valence electrons. The number of hydrogen-bond donors (Lipinski definition) is 2. The fraction of sp³-hybridized carbons (Fsp3) is 0. The van der Waals surface area contributed by atoms with Crippen LogP contribution < -0.4 is 5.56 Å². The SMILES string of the molecule is O=c1[nH]c(S(=O)(=O)c2ccccc2)cc(O)c1F. The molecule has 2 aromatic rings. The second kappa shape index (κ2) is 4.26. The standard InChI is InChI=1S/C11H8FNO4S/c12-10-8(14)6-9(13-11(10)15)18(16,17)7-4-2-1-3-5-7/h1-6H,(H2,13,14,15). The molecule has 5 nitrogen and oxygen atoms in total. The van der Waals surface area contributed by atoms with E-state index < -0.39 is 32.0 Å². The number of aromatic hydroxyl groups is 1. The van der Waals surface area contributed by atoms with E-state index >= 15 is 0 Å². The Bertz CT molecular complexity index is 737. The van der Waals surface area contributed by atoms with Crippen LogP contribution in [0.3, 0.4) is 0 Å². The van der Waals surface area contributed by atoms with Gasteiger partial charge in [0.15, 0.2) is 5.75 Å². The second-order valence-corrected chi connectivity index (χ2v) is 5.40. The van der Waals surface area contributed by atoms with Gasteiger partial charge in [-0.3, -0.25) is 4.79 Å². The first kappa shape index (κ1) is 12.3. The van der Waals surface area contributed by atoms with Gasteiger partial charge in [0, 0.05) is 6.07 Å². The van der Waals surface area contributed by atoms with E-state index in [-0.39, 0.29) is 4.90 Å². The number of nitrogens with one attached hydrogen (secondary N) is 1. The number of hydrogen-bond acceptors (Lipinski definition) is 4. The number of sulfone groups is 1. The number of benzene rings is 1. The molecular formula is C11H8FNO4S. The van der Waals surface area contributed by atoms with Crippen molar-refractivity contribution in [2.24, 2.45) is 0 Å². The van der Waals surface area contributed by atoms with Gasteiger partial charge in [0.1, 0.15) is 5.03 Å². The molecule has 0 spiro atoms. The quantitative estimate of drug-likeness (QED) is 0.853. The molecule has 2 N–H and O–H groups in total. The third kappa shape index (κ3) is 2.00.